The number of aromatic amines is 1. The van der Waals surface area contributed by atoms with Crippen molar-refractivity contribution in [3.63, 3.8) is 0 Å². The van der Waals surface area contributed by atoms with Crippen molar-refractivity contribution in [2.24, 2.45) is 0 Å². The first kappa shape index (κ1) is 15.0. The van der Waals surface area contributed by atoms with Crippen LogP contribution >= 0.6 is 0 Å². The van der Waals surface area contributed by atoms with Crippen LogP contribution in [0.2, 0.25) is 0 Å². The number of nitrogens with zero attached hydrogens (tertiary/aromatic N) is 1. The summed E-state index contributed by atoms with van der Waals surface area (Å²) in [7, 11) is 1.38. The molecule has 0 fully saturated rings. The maximum Gasteiger partial charge on any atom is 0.305 e. The fourth-order valence-corrected chi connectivity index (χ4v) is 2.60. The van der Waals surface area contributed by atoms with Gasteiger partial charge in [0.05, 0.1) is 24.1 Å². The summed E-state index contributed by atoms with van der Waals surface area (Å²) < 4.78 is 4.66. The average molecular weight is 311 g/mol. The monoisotopic (exact) mass is 311 g/mol. The van der Waals surface area contributed by atoms with E-state index in [-0.39, 0.29) is 11.9 Å². The molecule has 0 saturated heterocycles. The van der Waals surface area contributed by atoms with Crippen LogP contribution in [0.25, 0.3) is 11.6 Å². The average Bonchev–Trinajstić information content (AvgIpc) is 3.06. The van der Waals surface area contributed by atoms with Gasteiger partial charge in [0.1, 0.15) is 0 Å². The van der Waals surface area contributed by atoms with Crippen LogP contribution in [0.1, 0.15) is 28.9 Å². The molecule has 2 N–H and O–H groups in total. The highest BCUT2D eigenvalue weighted by Crippen LogP contribution is 2.31. The summed E-state index contributed by atoms with van der Waals surface area (Å²) in [5.41, 5.74) is 4.79. The maximum atomic E-state index is 12.1. The van der Waals surface area contributed by atoms with Crippen molar-refractivity contribution in [2.75, 3.05) is 12.4 Å². The largest absolute Gasteiger partial charge is 0.469 e. The molecule has 0 aromatic carbocycles. The summed E-state index contributed by atoms with van der Waals surface area (Å²) in [5, 5.41) is 2.80. The molecule has 0 bridgehead atoms. The molecule has 3 heterocycles. The van der Waals surface area contributed by atoms with Crippen molar-refractivity contribution < 1.29 is 14.3 Å². The fourth-order valence-electron chi connectivity index (χ4n) is 2.60. The lowest BCUT2D eigenvalue weighted by Crippen LogP contribution is -2.04. The topological polar surface area (TPSA) is 84.1 Å². The molecular weight excluding hydrogens is 294 g/mol. The van der Waals surface area contributed by atoms with E-state index in [2.05, 4.69) is 20.0 Å². The van der Waals surface area contributed by atoms with E-state index in [4.69, 9.17) is 0 Å². The number of aryl methyl sites for hydroxylation is 1. The number of ether oxygens (including phenoxy) is 1. The van der Waals surface area contributed by atoms with Crippen LogP contribution < -0.4 is 5.32 Å². The van der Waals surface area contributed by atoms with Gasteiger partial charge < -0.3 is 15.0 Å². The molecule has 23 heavy (non-hydrogen) atoms. The van der Waals surface area contributed by atoms with Crippen LogP contribution in [0.3, 0.4) is 0 Å². The third-order valence-electron chi connectivity index (χ3n) is 3.96. The Labute approximate surface area is 133 Å². The number of carbonyl (C=O) groups excluding carboxylic acids is 2. The molecule has 2 aromatic heterocycles. The zero-order valence-corrected chi connectivity index (χ0v) is 13.0. The zero-order chi connectivity index (χ0) is 16.4. The standard InChI is InChI=1S/C17H17N3O3/c1-10-11(5-6-15(21)23-2)9-19-14(10)8-12-16-13(20-17(12)22)4-3-7-18-16/h3-4,7-9,19H,5-6H2,1-2H3,(H,20,22). The molecule has 0 spiro atoms. The first-order valence-corrected chi connectivity index (χ1v) is 7.32. The lowest BCUT2D eigenvalue weighted by atomic mass is 10.1. The van der Waals surface area contributed by atoms with E-state index >= 15 is 0 Å². The molecule has 0 aliphatic carbocycles. The first-order chi connectivity index (χ1) is 11.1. The molecule has 0 unspecified atom stereocenters. The Kier molecular flexibility index (Phi) is 3.97. The van der Waals surface area contributed by atoms with E-state index in [1.54, 1.807) is 18.3 Å². The first-order valence-electron chi connectivity index (χ1n) is 7.32. The van der Waals surface area contributed by atoms with Gasteiger partial charge in [-0.3, -0.25) is 14.6 Å². The zero-order valence-electron chi connectivity index (χ0n) is 13.0. The number of pyridine rings is 1. The van der Waals surface area contributed by atoms with Crippen LogP contribution in [0.15, 0.2) is 24.5 Å². The van der Waals surface area contributed by atoms with Gasteiger partial charge in [0.25, 0.3) is 5.91 Å². The molecule has 3 rings (SSSR count). The molecule has 6 heteroatoms. The second-order valence-corrected chi connectivity index (χ2v) is 5.34. The summed E-state index contributed by atoms with van der Waals surface area (Å²) in [5.74, 6) is -0.400. The Morgan fingerprint density at radius 2 is 2.26 bits per heavy atom. The van der Waals surface area contributed by atoms with Gasteiger partial charge in [-0.15, -0.1) is 0 Å². The fraction of sp³-hybridized carbons (Fsp3) is 0.235. The van der Waals surface area contributed by atoms with Gasteiger partial charge in [-0.05, 0) is 42.7 Å². The molecule has 0 radical (unpaired) electrons. The number of nitrogens with one attached hydrogen (secondary N) is 2. The number of anilines is 1. The Bertz CT molecular complexity index is 805. The van der Waals surface area contributed by atoms with Crippen LogP contribution in [0.4, 0.5) is 5.69 Å². The number of hydrogen-bond donors (Lipinski definition) is 2. The van der Waals surface area contributed by atoms with Crippen LogP contribution in [0.5, 0.6) is 0 Å². The lowest BCUT2D eigenvalue weighted by molar-refractivity contribution is -0.140. The minimum Gasteiger partial charge on any atom is -0.469 e. The molecule has 0 atom stereocenters. The highest BCUT2D eigenvalue weighted by molar-refractivity contribution is 6.34. The number of methoxy groups -OCH3 is 1. The molecule has 1 aliphatic rings. The molecule has 118 valence electrons. The highest BCUT2D eigenvalue weighted by atomic mass is 16.5. The summed E-state index contributed by atoms with van der Waals surface area (Å²) in [4.78, 5) is 30.8. The summed E-state index contributed by atoms with van der Waals surface area (Å²) in [6, 6.07) is 3.61. The van der Waals surface area contributed by atoms with Gasteiger partial charge in [0.15, 0.2) is 0 Å². The van der Waals surface area contributed by atoms with Crippen molar-refractivity contribution in [2.45, 2.75) is 19.8 Å². The van der Waals surface area contributed by atoms with E-state index in [1.165, 1.54) is 7.11 Å². The highest BCUT2D eigenvalue weighted by Gasteiger charge is 2.25. The molecule has 1 aliphatic heterocycles. The summed E-state index contributed by atoms with van der Waals surface area (Å²) in [6.07, 6.45) is 6.24. The van der Waals surface area contributed by atoms with Gasteiger partial charge >= 0.3 is 5.97 Å². The smallest absolute Gasteiger partial charge is 0.305 e. The number of H-pyrrole nitrogens is 1. The van der Waals surface area contributed by atoms with Crippen molar-refractivity contribution in [3.8, 4) is 0 Å². The predicted molar refractivity (Wildman–Crippen MR) is 86.6 cm³/mol. The molecule has 0 saturated carbocycles. The van der Waals surface area contributed by atoms with E-state index in [0.717, 1.165) is 22.5 Å². The van der Waals surface area contributed by atoms with Gasteiger partial charge in [0, 0.05) is 24.5 Å². The maximum absolute atomic E-state index is 12.1. The SMILES string of the molecule is COC(=O)CCc1c[nH]c(C=C2C(=O)Nc3cccnc32)c1C. The van der Waals surface area contributed by atoms with Crippen LogP contribution in [-0.2, 0) is 20.7 Å². The van der Waals surface area contributed by atoms with E-state index < -0.39 is 0 Å². The second-order valence-electron chi connectivity index (χ2n) is 5.34. The normalized spacial score (nSPS) is 14.7. The molecular formula is C17H17N3O3. The molecule has 2 aromatic rings. The Balaban J connectivity index is 1.87. The number of aromatic nitrogens is 2. The van der Waals surface area contributed by atoms with Gasteiger partial charge in [0.2, 0.25) is 0 Å². The van der Waals surface area contributed by atoms with E-state index in [1.807, 2.05) is 19.2 Å². The van der Waals surface area contributed by atoms with Crippen LogP contribution in [-0.4, -0.2) is 29.0 Å². The quantitative estimate of drug-likeness (QED) is 0.670. The lowest BCUT2D eigenvalue weighted by Gasteiger charge is -2.00. The number of rotatable bonds is 4. The minimum absolute atomic E-state index is 0.163. The number of esters is 1. The van der Waals surface area contributed by atoms with Crippen molar-refractivity contribution in [3.05, 3.63) is 47.0 Å². The third kappa shape index (κ3) is 2.88. The Morgan fingerprint density at radius 3 is 3.04 bits per heavy atom. The number of hydrogen-bond acceptors (Lipinski definition) is 4. The molecule has 1 amide bonds. The predicted octanol–water partition coefficient (Wildman–Crippen LogP) is 2.32. The Hall–Kier alpha value is -2.89. The summed E-state index contributed by atoms with van der Waals surface area (Å²) >= 11 is 0. The van der Waals surface area contributed by atoms with Gasteiger partial charge in [-0.2, -0.15) is 0 Å². The second kappa shape index (κ2) is 6.08. The van der Waals surface area contributed by atoms with Crippen molar-refractivity contribution in [1.29, 1.82) is 0 Å². The van der Waals surface area contributed by atoms with Gasteiger partial charge in [-0.25, -0.2) is 0 Å². The number of amides is 1. The van der Waals surface area contributed by atoms with Crippen molar-refractivity contribution >= 4 is 29.2 Å². The minimum atomic E-state index is -0.237. The Morgan fingerprint density at radius 1 is 1.43 bits per heavy atom. The molecule has 6 nitrogen and oxygen atoms in total. The summed E-state index contributed by atoms with van der Waals surface area (Å²) in [6.45, 7) is 1.96. The van der Waals surface area contributed by atoms with Crippen LogP contribution in [0, 0.1) is 6.92 Å². The number of carbonyl (C=O) groups is 2. The number of fused-ring (bicyclic) bond motifs is 1. The van der Waals surface area contributed by atoms with E-state index in [0.29, 0.717) is 24.1 Å². The van der Waals surface area contributed by atoms with E-state index in [9.17, 15) is 9.59 Å². The van der Waals surface area contributed by atoms with Crippen molar-refractivity contribution in [1.82, 2.24) is 9.97 Å². The third-order valence-corrected chi connectivity index (χ3v) is 3.96. The van der Waals surface area contributed by atoms with Gasteiger partial charge in [-0.1, -0.05) is 0 Å².